The molecule has 9 nitrogen and oxygen atoms in total. The molecule has 0 unspecified atom stereocenters. The molecule has 102 valence electrons. The van der Waals surface area contributed by atoms with Gasteiger partial charge in [0, 0.05) is 25.5 Å². The maximum atomic E-state index is 5.00. The SMILES string of the molecule is CNc1nc(NCc2ccno2)nc(-n2ccnc2)n1. The molecular weight excluding hydrogens is 260 g/mol. The minimum absolute atomic E-state index is 0.435. The van der Waals surface area contributed by atoms with E-state index in [1.165, 1.54) is 0 Å². The topological polar surface area (TPSA) is 107 Å². The second kappa shape index (κ2) is 5.34. The highest BCUT2D eigenvalue weighted by atomic mass is 16.5. The van der Waals surface area contributed by atoms with Crippen LogP contribution in [-0.2, 0) is 6.54 Å². The van der Waals surface area contributed by atoms with Crippen LogP contribution in [0.3, 0.4) is 0 Å². The lowest BCUT2D eigenvalue weighted by Gasteiger charge is -2.07. The molecule has 0 atom stereocenters. The molecule has 3 aromatic heterocycles. The molecule has 3 heterocycles. The molecule has 0 bridgehead atoms. The number of hydrogen-bond acceptors (Lipinski definition) is 8. The number of nitrogens with one attached hydrogen (secondary N) is 2. The summed E-state index contributed by atoms with van der Waals surface area (Å²) in [5.41, 5.74) is 0. The van der Waals surface area contributed by atoms with Gasteiger partial charge in [-0.3, -0.25) is 4.57 Å². The van der Waals surface area contributed by atoms with Crippen LogP contribution in [0.4, 0.5) is 11.9 Å². The van der Waals surface area contributed by atoms with Crippen molar-refractivity contribution >= 4 is 11.9 Å². The first-order chi connectivity index (χ1) is 9.85. The fourth-order valence-electron chi connectivity index (χ4n) is 1.55. The van der Waals surface area contributed by atoms with Crippen LogP contribution in [0.15, 0.2) is 35.5 Å². The van der Waals surface area contributed by atoms with Gasteiger partial charge < -0.3 is 15.2 Å². The first-order valence-corrected chi connectivity index (χ1v) is 5.91. The molecule has 0 aliphatic heterocycles. The van der Waals surface area contributed by atoms with Crippen LogP contribution in [0.5, 0.6) is 0 Å². The molecule has 0 saturated heterocycles. The van der Waals surface area contributed by atoms with Gasteiger partial charge >= 0.3 is 0 Å². The predicted molar refractivity (Wildman–Crippen MR) is 70.3 cm³/mol. The minimum Gasteiger partial charge on any atom is -0.360 e. The van der Waals surface area contributed by atoms with Crippen LogP contribution in [0.1, 0.15) is 5.76 Å². The van der Waals surface area contributed by atoms with Crippen molar-refractivity contribution < 1.29 is 4.52 Å². The van der Waals surface area contributed by atoms with Gasteiger partial charge in [-0.15, -0.1) is 0 Å². The molecule has 0 fully saturated rings. The van der Waals surface area contributed by atoms with E-state index in [9.17, 15) is 0 Å². The standard InChI is InChI=1S/C11H12N8O/c1-12-9-16-10(14-6-8-2-3-15-20-8)18-11(17-9)19-5-4-13-7-19/h2-5,7H,6H2,1H3,(H2,12,14,16,17,18). The Hall–Kier alpha value is -2.97. The van der Waals surface area contributed by atoms with Gasteiger partial charge in [-0.05, 0) is 0 Å². The monoisotopic (exact) mass is 272 g/mol. The Labute approximate surface area is 114 Å². The molecule has 2 N–H and O–H groups in total. The normalized spacial score (nSPS) is 10.4. The van der Waals surface area contributed by atoms with E-state index in [1.807, 2.05) is 0 Å². The molecule has 0 aromatic carbocycles. The van der Waals surface area contributed by atoms with Gasteiger partial charge in [-0.25, -0.2) is 4.98 Å². The Bertz CT molecular complexity index is 664. The largest absolute Gasteiger partial charge is 0.360 e. The van der Waals surface area contributed by atoms with Crippen LogP contribution in [0, 0.1) is 0 Å². The molecule has 3 rings (SSSR count). The third-order valence-electron chi connectivity index (χ3n) is 2.49. The Morgan fingerprint density at radius 1 is 1.20 bits per heavy atom. The Balaban J connectivity index is 1.84. The smallest absolute Gasteiger partial charge is 0.241 e. The summed E-state index contributed by atoms with van der Waals surface area (Å²) in [5.74, 6) is 2.07. The second-order valence-corrected chi connectivity index (χ2v) is 3.83. The van der Waals surface area contributed by atoms with E-state index >= 15 is 0 Å². The maximum Gasteiger partial charge on any atom is 0.241 e. The summed E-state index contributed by atoms with van der Waals surface area (Å²) < 4.78 is 6.70. The number of hydrogen-bond donors (Lipinski definition) is 2. The molecule has 0 amide bonds. The van der Waals surface area contributed by atoms with Crippen LogP contribution in [0.25, 0.3) is 5.95 Å². The number of nitrogens with zero attached hydrogens (tertiary/aromatic N) is 6. The van der Waals surface area contributed by atoms with Crippen molar-refractivity contribution in [3.63, 3.8) is 0 Å². The Morgan fingerprint density at radius 3 is 2.80 bits per heavy atom. The van der Waals surface area contributed by atoms with E-state index < -0.39 is 0 Å². The molecular formula is C11H12N8O. The van der Waals surface area contributed by atoms with E-state index in [0.29, 0.717) is 30.2 Å². The van der Waals surface area contributed by atoms with Crippen LogP contribution in [0.2, 0.25) is 0 Å². The number of anilines is 2. The van der Waals surface area contributed by atoms with Crippen molar-refractivity contribution in [1.82, 2.24) is 29.7 Å². The third-order valence-corrected chi connectivity index (χ3v) is 2.49. The average molecular weight is 272 g/mol. The van der Waals surface area contributed by atoms with E-state index in [-0.39, 0.29) is 0 Å². The number of rotatable bonds is 5. The minimum atomic E-state index is 0.435. The lowest BCUT2D eigenvalue weighted by atomic mass is 10.4. The molecule has 20 heavy (non-hydrogen) atoms. The average Bonchev–Trinajstić information content (AvgIpc) is 3.17. The zero-order valence-corrected chi connectivity index (χ0v) is 10.7. The van der Waals surface area contributed by atoms with E-state index in [1.54, 1.807) is 42.6 Å². The van der Waals surface area contributed by atoms with Crippen LogP contribution in [-0.4, -0.2) is 36.7 Å². The van der Waals surface area contributed by atoms with Crippen molar-refractivity contribution in [2.24, 2.45) is 0 Å². The lowest BCUT2D eigenvalue weighted by Crippen LogP contribution is -2.10. The Kier molecular flexibility index (Phi) is 3.23. The molecule has 3 aromatic rings. The van der Waals surface area contributed by atoms with E-state index in [2.05, 4.69) is 35.7 Å². The number of aromatic nitrogens is 6. The van der Waals surface area contributed by atoms with Gasteiger partial charge in [-0.2, -0.15) is 15.0 Å². The molecule has 0 saturated carbocycles. The van der Waals surface area contributed by atoms with Crippen molar-refractivity contribution in [2.45, 2.75) is 6.54 Å². The van der Waals surface area contributed by atoms with Crippen molar-refractivity contribution in [3.8, 4) is 5.95 Å². The second-order valence-electron chi connectivity index (χ2n) is 3.83. The summed E-state index contributed by atoms with van der Waals surface area (Å²) in [6, 6.07) is 1.77. The van der Waals surface area contributed by atoms with Gasteiger partial charge in [0.2, 0.25) is 17.8 Å². The maximum absolute atomic E-state index is 5.00. The first kappa shape index (κ1) is 12.1. The highest BCUT2D eigenvalue weighted by Crippen LogP contribution is 2.10. The van der Waals surface area contributed by atoms with Gasteiger partial charge in [0.25, 0.3) is 0 Å². The fourth-order valence-corrected chi connectivity index (χ4v) is 1.55. The van der Waals surface area contributed by atoms with Crippen molar-refractivity contribution in [1.29, 1.82) is 0 Å². The lowest BCUT2D eigenvalue weighted by molar-refractivity contribution is 0.387. The van der Waals surface area contributed by atoms with E-state index in [0.717, 1.165) is 0 Å². The molecule has 0 radical (unpaired) electrons. The third kappa shape index (κ3) is 2.55. The molecule has 0 aliphatic rings. The predicted octanol–water partition coefficient (Wildman–Crippen LogP) is 0.699. The quantitative estimate of drug-likeness (QED) is 0.699. The zero-order chi connectivity index (χ0) is 13.8. The summed E-state index contributed by atoms with van der Waals surface area (Å²) >= 11 is 0. The summed E-state index contributed by atoms with van der Waals surface area (Å²) in [6.07, 6.45) is 6.62. The molecule has 9 heteroatoms. The summed E-state index contributed by atoms with van der Waals surface area (Å²) in [7, 11) is 1.74. The molecule has 0 spiro atoms. The first-order valence-electron chi connectivity index (χ1n) is 5.91. The van der Waals surface area contributed by atoms with Gasteiger partial charge in [-0.1, -0.05) is 5.16 Å². The highest BCUT2D eigenvalue weighted by Gasteiger charge is 2.07. The van der Waals surface area contributed by atoms with Crippen molar-refractivity contribution in [2.75, 3.05) is 17.7 Å². The van der Waals surface area contributed by atoms with E-state index in [4.69, 9.17) is 4.52 Å². The molecule has 0 aliphatic carbocycles. The van der Waals surface area contributed by atoms with Gasteiger partial charge in [0.15, 0.2) is 5.76 Å². The Morgan fingerprint density at radius 2 is 2.10 bits per heavy atom. The number of imidazole rings is 1. The van der Waals surface area contributed by atoms with Crippen molar-refractivity contribution in [3.05, 3.63) is 36.7 Å². The van der Waals surface area contributed by atoms with Gasteiger partial charge in [0.1, 0.15) is 6.33 Å². The van der Waals surface area contributed by atoms with Gasteiger partial charge in [0.05, 0.1) is 12.7 Å². The fraction of sp³-hybridized carbons (Fsp3) is 0.182. The summed E-state index contributed by atoms with van der Waals surface area (Å²) in [6.45, 7) is 0.441. The zero-order valence-electron chi connectivity index (χ0n) is 10.7. The van der Waals surface area contributed by atoms with Crippen LogP contribution >= 0.6 is 0 Å². The summed E-state index contributed by atoms with van der Waals surface area (Å²) in [5, 5.41) is 9.58. The van der Waals surface area contributed by atoms with Crippen LogP contribution < -0.4 is 10.6 Å². The highest BCUT2D eigenvalue weighted by molar-refractivity contribution is 5.37. The summed E-state index contributed by atoms with van der Waals surface area (Å²) in [4.78, 5) is 16.8.